The van der Waals surface area contributed by atoms with Crippen molar-refractivity contribution in [2.45, 2.75) is 51.6 Å². The van der Waals surface area contributed by atoms with E-state index in [4.69, 9.17) is 0 Å². The van der Waals surface area contributed by atoms with Crippen LogP contribution in [0, 0.1) is 17.2 Å². The van der Waals surface area contributed by atoms with Crippen molar-refractivity contribution in [3.8, 4) is 6.07 Å². The fraction of sp³-hybridized carbons (Fsp3) is 0.619. The molecule has 1 saturated carbocycles. The second-order valence-electron chi connectivity index (χ2n) is 7.79. The van der Waals surface area contributed by atoms with Gasteiger partial charge in [0.05, 0.1) is 17.3 Å². The molecule has 2 aliphatic rings. The fourth-order valence-electron chi connectivity index (χ4n) is 4.09. The number of piperazine rings is 1. The summed E-state index contributed by atoms with van der Waals surface area (Å²) in [6.45, 7) is 7.69. The number of nitrogens with one attached hydrogen (secondary N) is 1. The quantitative estimate of drug-likeness (QED) is 0.903. The zero-order valence-corrected chi connectivity index (χ0v) is 15.9. The molecule has 26 heavy (non-hydrogen) atoms. The van der Waals surface area contributed by atoms with Crippen molar-refractivity contribution in [1.82, 2.24) is 10.2 Å². The number of carbonyl (C=O) groups excluding carboxylic acids is 1. The van der Waals surface area contributed by atoms with E-state index in [1.807, 2.05) is 31.2 Å². The lowest BCUT2D eigenvalue weighted by atomic mass is 9.87. The molecule has 0 radical (unpaired) electrons. The Bertz CT molecular complexity index is 652. The van der Waals surface area contributed by atoms with Crippen LogP contribution in [0.15, 0.2) is 24.3 Å². The van der Waals surface area contributed by atoms with Crippen LogP contribution in [0.2, 0.25) is 0 Å². The first-order chi connectivity index (χ1) is 12.6. The van der Waals surface area contributed by atoms with E-state index in [2.05, 4.69) is 28.1 Å². The van der Waals surface area contributed by atoms with E-state index in [0.29, 0.717) is 6.04 Å². The molecule has 5 nitrogen and oxygen atoms in total. The first-order valence-corrected chi connectivity index (χ1v) is 9.87. The van der Waals surface area contributed by atoms with Gasteiger partial charge in [0.1, 0.15) is 6.07 Å². The monoisotopic (exact) mass is 354 g/mol. The minimum absolute atomic E-state index is 0.0947. The molecule has 1 unspecified atom stereocenters. The molecule has 1 aliphatic heterocycles. The van der Waals surface area contributed by atoms with E-state index >= 15 is 0 Å². The van der Waals surface area contributed by atoms with Gasteiger partial charge in [-0.1, -0.05) is 19.1 Å². The molecule has 1 amide bonds. The van der Waals surface area contributed by atoms with Crippen LogP contribution in [0.25, 0.3) is 0 Å². The molecular formula is C21H30N4O. The Kier molecular flexibility index (Phi) is 6.16. The van der Waals surface area contributed by atoms with Crippen molar-refractivity contribution < 1.29 is 4.79 Å². The van der Waals surface area contributed by atoms with Crippen LogP contribution in [-0.4, -0.2) is 49.1 Å². The number of amides is 1. The molecule has 1 aliphatic carbocycles. The summed E-state index contributed by atoms with van der Waals surface area (Å²) in [5.41, 5.74) is 1.72. The van der Waals surface area contributed by atoms with Crippen molar-refractivity contribution in [3.05, 3.63) is 29.8 Å². The number of hydrogen-bond acceptors (Lipinski definition) is 4. The van der Waals surface area contributed by atoms with E-state index < -0.39 is 0 Å². The Hall–Kier alpha value is -2.06. The minimum atomic E-state index is -0.0947. The van der Waals surface area contributed by atoms with Gasteiger partial charge in [-0.05, 0) is 50.7 Å². The van der Waals surface area contributed by atoms with Crippen LogP contribution in [0.3, 0.4) is 0 Å². The fourth-order valence-corrected chi connectivity index (χ4v) is 4.09. The van der Waals surface area contributed by atoms with E-state index in [0.717, 1.165) is 56.2 Å². The lowest BCUT2D eigenvalue weighted by Crippen LogP contribution is -2.55. The predicted molar refractivity (Wildman–Crippen MR) is 104 cm³/mol. The van der Waals surface area contributed by atoms with Crippen LogP contribution >= 0.6 is 0 Å². The average molecular weight is 354 g/mol. The first-order valence-electron chi connectivity index (χ1n) is 9.87. The Morgan fingerprint density at radius 1 is 1.15 bits per heavy atom. The van der Waals surface area contributed by atoms with E-state index in [9.17, 15) is 10.1 Å². The molecule has 1 heterocycles. The number of anilines is 1. The van der Waals surface area contributed by atoms with Gasteiger partial charge in [-0.25, -0.2) is 0 Å². The molecule has 1 atom stereocenters. The van der Waals surface area contributed by atoms with Crippen molar-refractivity contribution in [2.75, 3.05) is 31.1 Å². The highest BCUT2D eigenvalue weighted by molar-refractivity contribution is 5.81. The zero-order valence-electron chi connectivity index (χ0n) is 15.9. The molecule has 1 saturated heterocycles. The number of para-hydroxylation sites is 1. The van der Waals surface area contributed by atoms with Crippen molar-refractivity contribution in [1.29, 1.82) is 5.26 Å². The van der Waals surface area contributed by atoms with Crippen LogP contribution in [0.1, 0.15) is 45.1 Å². The third-order valence-electron chi connectivity index (χ3n) is 5.97. The number of hydrogen-bond donors (Lipinski definition) is 1. The summed E-state index contributed by atoms with van der Waals surface area (Å²) in [6, 6.07) is 10.3. The van der Waals surface area contributed by atoms with Crippen molar-refractivity contribution in [3.63, 3.8) is 0 Å². The van der Waals surface area contributed by atoms with Gasteiger partial charge in [0.15, 0.2) is 0 Å². The Morgan fingerprint density at radius 2 is 1.81 bits per heavy atom. The summed E-state index contributed by atoms with van der Waals surface area (Å²) in [6.07, 6.45) is 4.66. The van der Waals surface area contributed by atoms with Gasteiger partial charge >= 0.3 is 0 Å². The molecule has 1 N–H and O–H groups in total. The van der Waals surface area contributed by atoms with E-state index in [-0.39, 0.29) is 11.9 Å². The SMILES string of the molecule is CC1CCC(NC(=O)C(C)N2CCN(c3ccccc3C#N)CC2)CC1. The molecule has 5 heteroatoms. The molecule has 3 rings (SSSR count). The molecule has 1 aromatic carbocycles. The van der Waals surface area contributed by atoms with Crippen molar-refractivity contribution >= 4 is 11.6 Å². The second kappa shape index (κ2) is 8.55. The highest BCUT2D eigenvalue weighted by Crippen LogP contribution is 2.24. The molecule has 1 aromatic rings. The van der Waals surface area contributed by atoms with Crippen LogP contribution in [0.4, 0.5) is 5.69 Å². The smallest absolute Gasteiger partial charge is 0.237 e. The summed E-state index contributed by atoms with van der Waals surface area (Å²) >= 11 is 0. The normalized spacial score (nSPS) is 25.3. The van der Waals surface area contributed by atoms with Gasteiger partial charge in [0.2, 0.25) is 5.91 Å². The second-order valence-corrected chi connectivity index (χ2v) is 7.79. The summed E-state index contributed by atoms with van der Waals surface area (Å²) < 4.78 is 0. The average Bonchev–Trinajstić information content (AvgIpc) is 2.69. The van der Waals surface area contributed by atoms with Gasteiger partial charge in [0.25, 0.3) is 0 Å². The lowest BCUT2D eigenvalue weighted by Gasteiger charge is -2.39. The Morgan fingerprint density at radius 3 is 2.46 bits per heavy atom. The van der Waals surface area contributed by atoms with Crippen LogP contribution in [0.5, 0.6) is 0 Å². The number of nitrogens with zero attached hydrogens (tertiary/aromatic N) is 3. The Balaban J connectivity index is 1.51. The van der Waals surface area contributed by atoms with Crippen LogP contribution < -0.4 is 10.2 Å². The summed E-state index contributed by atoms with van der Waals surface area (Å²) in [4.78, 5) is 17.1. The number of benzene rings is 1. The summed E-state index contributed by atoms with van der Waals surface area (Å²) in [5.74, 6) is 0.959. The lowest BCUT2D eigenvalue weighted by molar-refractivity contribution is -0.127. The minimum Gasteiger partial charge on any atom is -0.368 e. The third-order valence-corrected chi connectivity index (χ3v) is 5.97. The van der Waals surface area contributed by atoms with Gasteiger partial charge in [-0.2, -0.15) is 5.26 Å². The zero-order chi connectivity index (χ0) is 18.5. The van der Waals surface area contributed by atoms with Crippen molar-refractivity contribution in [2.24, 2.45) is 5.92 Å². The van der Waals surface area contributed by atoms with Gasteiger partial charge in [-0.3, -0.25) is 9.69 Å². The third kappa shape index (κ3) is 4.37. The standard InChI is InChI=1S/C21H30N4O/c1-16-7-9-19(10-8-16)23-21(26)17(2)24-11-13-25(14-12-24)20-6-4-3-5-18(20)15-22/h3-6,16-17,19H,7-14H2,1-2H3,(H,23,26). The predicted octanol–water partition coefficient (Wildman–Crippen LogP) is 2.76. The molecular weight excluding hydrogens is 324 g/mol. The molecule has 140 valence electrons. The van der Waals surface area contributed by atoms with Gasteiger partial charge in [-0.15, -0.1) is 0 Å². The number of carbonyl (C=O) groups is 1. The molecule has 2 fully saturated rings. The maximum Gasteiger partial charge on any atom is 0.237 e. The largest absolute Gasteiger partial charge is 0.368 e. The van der Waals surface area contributed by atoms with Gasteiger partial charge in [0, 0.05) is 32.2 Å². The van der Waals surface area contributed by atoms with E-state index in [1.54, 1.807) is 0 Å². The number of rotatable bonds is 4. The van der Waals surface area contributed by atoms with Gasteiger partial charge < -0.3 is 10.2 Å². The number of nitriles is 1. The summed E-state index contributed by atoms with van der Waals surface area (Å²) in [7, 11) is 0. The maximum absolute atomic E-state index is 12.6. The topological polar surface area (TPSA) is 59.4 Å². The highest BCUT2D eigenvalue weighted by Gasteiger charge is 2.28. The van der Waals surface area contributed by atoms with E-state index in [1.165, 1.54) is 12.8 Å². The molecule has 0 spiro atoms. The Labute approximate surface area is 157 Å². The highest BCUT2D eigenvalue weighted by atomic mass is 16.2. The maximum atomic E-state index is 12.6. The molecule has 0 aromatic heterocycles. The first kappa shape index (κ1) is 18.7. The molecule has 0 bridgehead atoms. The van der Waals surface area contributed by atoms with Crippen LogP contribution in [-0.2, 0) is 4.79 Å². The summed E-state index contributed by atoms with van der Waals surface area (Å²) in [5, 5.41) is 12.6.